The van der Waals surface area contributed by atoms with Crippen molar-refractivity contribution in [1.29, 1.82) is 0 Å². The lowest BCUT2D eigenvalue weighted by molar-refractivity contribution is 0.427. The molecular weight excluding hydrogens is 242 g/mol. The van der Waals surface area contributed by atoms with Gasteiger partial charge in [-0.1, -0.05) is 0 Å². The molecule has 0 heterocycles. The Kier molecular flexibility index (Phi) is 3.73. The molecule has 0 spiro atoms. The van der Waals surface area contributed by atoms with Crippen molar-refractivity contribution < 1.29 is 20.5 Å². The maximum atomic E-state index is 10.9. The van der Waals surface area contributed by atoms with Crippen LogP contribution < -0.4 is 4.72 Å². The number of rotatable bonds is 3. The lowest BCUT2D eigenvalue weighted by Gasteiger charge is -2.18. The molecule has 0 amide bonds. The van der Waals surface area contributed by atoms with Crippen LogP contribution in [0.25, 0.3) is 0 Å². The average molecular weight is 252 g/mol. The summed E-state index contributed by atoms with van der Waals surface area (Å²) in [5, 5.41) is 0. The van der Waals surface area contributed by atoms with Gasteiger partial charge < -0.3 is 0 Å². The van der Waals surface area contributed by atoms with Gasteiger partial charge in [0.25, 0.3) is 0 Å². The Bertz CT molecular complexity index is 364. The number of nitrogens with one attached hydrogen (secondary N) is 1. The summed E-state index contributed by atoms with van der Waals surface area (Å²) in [6, 6.07) is 0. The molecule has 0 rings (SSSR count). The molecule has 0 saturated carbocycles. The predicted octanol–water partition coefficient (Wildman–Crippen LogP) is 0.119. The Morgan fingerprint density at radius 1 is 1.15 bits per heavy atom. The van der Waals surface area contributed by atoms with Crippen LogP contribution in [0.5, 0.6) is 0 Å². The molecular formula is C4H10ClNO5S2. The number of halogens is 1. The fourth-order valence-electron chi connectivity index (χ4n) is 0.499. The fourth-order valence-corrected chi connectivity index (χ4v) is 2.85. The van der Waals surface area contributed by atoms with E-state index >= 15 is 0 Å². The lowest BCUT2D eigenvalue weighted by atomic mass is 10.1. The van der Waals surface area contributed by atoms with Gasteiger partial charge in [0.2, 0.25) is 0 Å². The van der Waals surface area contributed by atoms with E-state index in [1.54, 1.807) is 0 Å². The van der Waals surface area contributed by atoms with E-state index in [4.69, 9.17) is 0 Å². The molecule has 0 aliphatic rings. The third-order valence-corrected chi connectivity index (χ3v) is 3.29. The zero-order valence-electron chi connectivity index (χ0n) is 7.24. The van der Waals surface area contributed by atoms with E-state index in [1.165, 1.54) is 20.8 Å². The molecule has 0 bridgehead atoms. The first-order valence-electron chi connectivity index (χ1n) is 3.11. The van der Waals surface area contributed by atoms with Crippen molar-refractivity contribution in [3.63, 3.8) is 0 Å². The van der Waals surface area contributed by atoms with Crippen molar-refractivity contribution in [3.05, 3.63) is 0 Å². The molecule has 6 nitrogen and oxygen atoms in total. The van der Waals surface area contributed by atoms with E-state index in [9.17, 15) is 16.8 Å². The Morgan fingerprint density at radius 3 is 1.77 bits per heavy atom. The third kappa shape index (κ3) is 8.44. The minimum atomic E-state index is -4.53. The van der Waals surface area contributed by atoms with Crippen molar-refractivity contribution in [3.8, 4) is 0 Å². The maximum absolute atomic E-state index is 10.9. The molecule has 13 heavy (non-hydrogen) atoms. The average Bonchev–Trinajstić information content (AvgIpc) is 1.43. The van der Waals surface area contributed by atoms with E-state index in [1.807, 2.05) is 4.72 Å². The topological polar surface area (TPSA) is 89.5 Å². The summed E-state index contributed by atoms with van der Waals surface area (Å²) in [5.74, 6) is 0. The molecule has 0 radical (unpaired) electrons. The molecule has 1 N–H and O–H groups in total. The summed E-state index contributed by atoms with van der Waals surface area (Å²) in [6.45, 7) is 4.57. The van der Waals surface area contributed by atoms with Gasteiger partial charge in [-0.15, -0.1) is 3.63 Å². The first-order valence-corrected chi connectivity index (χ1v) is 6.75. The molecule has 0 atom stereocenters. The molecule has 0 aliphatic carbocycles. The maximum Gasteiger partial charge on any atom is 0.371 e. The van der Waals surface area contributed by atoms with E-state index in [0.717, 1.165) is 0 Å². The van der Waals surface area contributed by atoms with Crippen LogP contribution in [0.2, 0.25) is 0 Å². The van der Waals surface area contributed by atoms with Crippen molar-refractivity contribution in [2.24, 2.45) is 0 Å². The summed E-state index contributed by atoms with van der Waals surface area (Å²) < 4.78 is 47.8. The highest BCUT2D eigenvalue weighted by Crippen LogP contribution is 2.08. The molecule has 0 unspecified atom stereocenters. The quantitative estimate of drug-likeness (QED) is 0.720. The second-order valence-electron chi connectivity index (χ2n) is 3.27. The van der Waals surface area contributed by atoms with Gasteiger partial charge in [-0.05, 0) is 20.8 Å². The summed E-state index contributed by atoms with van der Waals surface area (Å²) in [5.41, 5.74) is -0.833. The molecule has 0 aromatic heterocycles. The number of hydrogen-bond acceptors (Lipinski definition) is 5. The van der Waals surface area contributed by atoms with Gasteiger partial charge in [0.1, 0.15) is 0 Å². The van der Waals surface area contributed by atoms with Crippen molar-refractivity contribution in [2.75, 3.05) is 0 Å². The normalized spacial score (nSPS) is 14.5. The molecule has 9 heteroatoms. The van der Waals surface area contributed by atoms with Gasteiger partial charge in [0.05, 0.1) is 10.7 Å². The Labute approximate surface area is 82.1 Å². The number of hydrogen-bond donors (Lipinski definition) is 1. The molecule has 0 aromatic carbocycles. The second-order valence-corrected chi connectivity index (χ2v) is 6.84. The van der Waals surface area contributed by atoms with Crippen molar-refractivity contribution >= 4 is 30.3 Å². The summed E-state index contributed by atoms with van der Waals surface area (Å²) in [6.07, 6.45) is 0. The van der Waals surface area contributed by atoms with Crippen LogP contribution in [0.4, 0.5) is 0 Å². The van der Waals surface area contributed by atoms with Gasteiger partial charge in [-0.3, -0.25) is 0 Å². The zero-order valence-corrected chi connectivity index (χ0v) is 9.62. The van der Waals surface area contributed by atoms with Crippen molar-refractivity contribution in [1.82, 2.24) is 4.72 Å². The van der Waals surface area contributed by atoms with Crippen LogP contribution in [-0.4, -0.2) is 22.4 Å². The molecule has 0 aliphatic heterocycles. The smallest absolute Gasteiger partial charge is 0.186 e. The Morgan fingerprint density at radius 2 is 1.54 bits per heavy atom. The molecule has 80 valence electrons. The van der Waals surface area contributed by atoms with Crippen LogP contribution in [0.1, 0.15) is 20.8 Å². The second kappa shape index (κ2) is 3.70. The van der Waals surface area contributed by atoms with Crippen LogP contribution in [0, 0.1) is 0 Å². The monoisotopic (exact) mass is 251 g/mol. The van der Waals surface area contributed by atoms with Gasteiger partial charge >= 0.3 is 19.6 Å². The highest BCUT2D eigenvalue weighted by atomic mass is 35.7. The predicted molar refractivity (Wildman–Crippen MR) is 47.7 cm³/mol. The van der Waals surface area contributed by atoms with E-state index in [2.05, 4.69) is 14.3 Å². The highest BCUT2D eigenvalue weighted by molar-refractivity contribution is 8.14. The Hall–Kier alpha value is 0.110. The zero-order chi connectivity index (χ0) is 10.9. The van der Waals surface area contributed by atoms with Crippen LogP contribution in [0.3, 0.4) is 0 Å². The molecule has 0 fully saturated rings. The molecule has 0 aromatic rings. The minimum absolute atomic E-state index is 0.833. The van der Waals surface area contributed by atoms with Crippen LogP contribution in [-0.2, 0) is 23.3 Å². The Balaban J connectivity index is 4.65. The lowest BCUT2D eigenvalue weighted by Crippen LogP contribution is -2.41. The summed E-state index contributed by atoms with van der Waals surface area (Å²) in [4.78, 5) is 0. The van der Waals surface area contributed by atoms with E-state index < -0.39 is 25.2 Å². The summed E-state index contributed by atoms with van der Waals surface area (Å²) in [7, 11) is -4.32. The summed E-state index contributed by atoms with van der Waals surface area (Å²) >= 11 is 0. The largest absolute Gasteiger partial charge is 0.371 e. The van der Waals surface area contributed by atoms with E-state index in [0.29, 0.717) is 0 Å². The minimum Gasteiger partial charge on any atom is -0.186 e. The van der Waals surface area contributed by atoms with Gasteiger partial charge in [-0.25, -0.2) is 0 Å². The fraction of sp³-hybridized carbons (Fsp3) is 1.00. The molecule has 0 saturated heterocycles. The van der Waals surface area contributed by atoms with E-state index in [-0.39, 0.29) is 0 Å². The standard InChI is InChI=1S/C4H10ClNO5S2/c1-4(2,3)6-13(9,10)11-12(5,7)8/h6H,1-3H3. The van der Waals surface area contributed by atoms with Gasteiger partial charge in [-0.2, -0.15) is 21.6 Å². The van der Waals surface area contributed by atoms with Crippen molar-refractivity contribution in [2.45, 2.75) is 26.3 Å². The third-order valence-electron chi connectivity index (χ3n) is 0.602. The SMILES string of the molecule is CC(C)(C)NS(=O)(=O)OS(=O)(=O)Cl. The first kappa shape index (κ1) is 13.1. The highest BCUT2D eigenvalue weighted by Gasteiger charge is 2.25. The van der Waals surface area contributed by atoms with Crippen LogP contribution in [0.15, 0.2) is 0 Å². The van der Waals surface area contributed by atoms with Gasteiger partial charge in [0, 0.05) is 5.54 Å². The van der Waals surface area contributed by atoms with Crippen LogP contribution >= 0.6 is 10.7 Å². The van der Waals surface area contributed by atoms with Gasteiger partial charge in [0.15, 0.2) is 0 Å². The first-order chi connectivity index (χ1) is 5.41.